The fraction of sp³-hybridized carbons (Fsp3) is 0.259. The number of halogens is 3. The van der Waals surface area contributed by atoms with Crippen LogP contribution in [-0.2, 0) is 11.3 Å². The minimum atomic E-state index is -0.165. The Hall–Kier alpha value is -2.78. The van der Waals surface area contributed by atoms with Gasteiger partial charge in [0.15, 0.2) is 0 Å². The number of benzene rings is 3. The van der Waals surface area contributed by atoms with Gasteiger partial charge in [-0.2, -0.15) is 0 Å². The summed E-state index contributed by atoms with van der Waals surface area (Å²) in [5, 5.41) is 7.07. The predicted molar refractivity (Wildman–Crippen MR) is 151 cm³/mol. The first kappa shape index (κ1) is 27.3. The molecule has 37 heavy (non-hydrogen) atoms. The highest BCUT2D eigenvalue weighted by Crippen LogP contribution is 2.30. The number of carbonyl (C=O) groups excluding carboxylic acids is 2. The Kier molecular flexibility index (Phi) is 9.32. The van der Waals surface area contributed by atoms with Crippen molar-refractivity contribution in [2.45, 2.75) is 13.5 Å². The molecule has 0 saturated carbocycles. The third kappa shape index (κ3) is 7.85. The van der Waals surface area contributed by atoms with Gasteiger partial charge in [0, 0.05) is 58.5 Å². The zero-order valence-corrected chi connectivity index (χ0v) is 23.4. The molecule has 0 aliphatic carbocycles. The highest BCUT2D eigenvalue weighted by Gasteiger charge is 2.22. The lowest BCUT2D eigenvalue weighted by atomic mass is 10.2. The lowest BCUT2D eigenvalue weighted by molar-refractivity contribution is -0.117. The van der Waals surface area contributed by atoms with Crippen LogP contribution in [0.25, 0.3) is 0 Å². The van der Waals surface area contributed by atoms with Crippen LogP contribution in [0.3, 0.4) is 0 Å². The maximum Gasteiger partial charge on any atom is 0.317 e. The van der Waals surface area contributed by atoms with E-state index >= 15 is 0 Å². The molecule has 10 heteroatoms. The van der Waals surface area contributed by atoms with Gasteiger partial charge in [-0.05, 0) is 67.1 Å². The fourth-order valence-electron chi connectivity index (χ4n) is 3.91. The van der Waals surface area contributed by atoms with E-state index < -0.39 is 0 Å². The minimum Gasteiger partial charge on any atom is -0.457 e. The quantitative estimate of drug-likeness (QED) is 0.330. The van der Waals surface area contributed by atoms with Crippen LogP contribution in [0.1, 0.15) is 11.1 Å². The second kappa shape index (κ2) is 12.6. The highest BCUT2D eigenvalue weighted by molar-refractivity contribution is 9.10. The molecule has 1 heterocycles. The minimum absolute atomic E-state index is 0.0774. The summed E-state index contributed by atoms with van der Waals surface area (Å²) in [6.45, 7) is 4.77. The molecule has 1 aliphatic rings. The van der Waals surface area contributed by atoms with E-state index in [9.17, 15) is 9.59 Å². The molecule has 0 bridgehead atoms. The molecule has 1 aliphatic heterocycles. The van der Waals surface area contributed by atoms with E-state index in [0.717, 1.165) is 21.3 Å². The number of urea groups is 1. The molecule has 3 aromatic rings. The largest absolute Gasteiger partial charge is 0.457 e. The van der Waals surface area contributed by atoms with E-state index in [1.54, 1.807) is 29.2 Å². The average Bonchev–Trinajstić information content (AvgIpc) is 2.87. The number of amides is 3. The number of ether oxygens (including phenoxy) is 1. The van der Waals surface area contributed by atoms with Crippen molar-refractivity contribution in [3.05, 3.63) is 86.3 Å². The smallest absolute Gasteiger partial charge is 0.317 e. The van der Waals surface area contributed by atoms with E-state index in [4.69, 9.17) is 27.9 Å². The SMILES string of the molecule is Cc1cc(Oc2cc(Cl)ccc2CNC(=O)N2CCN(CC(=O)Nc3ccc(Br)cc3)CC2)ccc1Cl. The monoisotopic (exact) mass is 604 g/mol. The molecule has 0 unspecified atom stereocenters. The van der Waals surface area contributed by atoms with E-state index in [2.05, 4.69) is 26.6 Å². The van der Waals surface area contributed by atoms with Crippen molar-refractivity contribution < 1.29 is 14.3 Å². The highest BCUT2D eigenvalue weighted by atomic mass is 79.9. The number of piperazine rings is 1. The van der Waals surface area contributed by atoms with E-state index in [1.807, 2.05) is 48.2 Å². The molecule has 1 saturated heterocycles. The Morgan fingerprint density at radius 2 is 1.70 bits per heavy atom. The number of anilines is 1. The third-order valence-corrected chi connectivity index (χ3v) is 7.16. The molecule has 0 spiro atoms. The predicted octanol–water partition coefficient (Wildman–Crippen LogP) is 6.32. The summed E-state index contributed by atoms with van der Waals surface area (Å²) in [5.41, 5.74) is 2.46. The van der Waals surface area contributed by atoms with Gasteiger partial charge >= 0.3 is 6.03 Å². The summed E-state index contributed by atoms with van der Waals surface area (Å²) in [5.74, 6) is 1.12. The molecule has 1 fully saturated rings. The zero-order chi connectivity index (χ0) is 26.4. The van der Waals surface area contributed by atoms with Crippen molar-refractivity contribution in [2.24, 2.45) is 0 Å². The normalized spacial score (nSPS) is 13.8. The molecule has 0 aromatic heterocycles. The van der Waals surface area contributed by atoms with Crippen LogP contribution in [0.15, 0.2) is 65.1 Å². The molecule has 3 amide bonds. The van der Waals surface area contributed by atoms with Gasteiger partial charge in [-0.3, -0.25) is 9.69 Å². The first-order valence-corrected chi connectivity index (χ1v) is 13.3. The van der Waals surface area contributed by atoms with E-state index in [-0.39, 0.29) is 25.0 Å². The third-order valence-electron chi connectivity index (χ3n) is 5.97. The summed E-state index contributed by atoms with van der Waals surface area (Å²) in [4.78, 5) is 29.0. The lowest BCUT2D eigenvalue weighted by Crippen LogP contribution is -2.52. The van der Waals surface area contributed by atoms with Gasteiger partial charge in [0.2, 0.25) is 5.91 Å². The summed E-state index contributed by atoms with van der Waals surface area (Å²) in [6.07, 6.45) is 0. The van der Waals surface area contributed by atoms with Crippen molar-refractivity contribution in [3.63, 3.8) is 0 Å². The molecule has 194 valence electrons. The van der Waals surface area contributed by atoms with Crippen LogP contribution >= 0.6 is 39.1 Å². The van der Waals surface area contributed by atoms with Gasteiger partial charge in [0.1, 0.15) is 11.5 Å². The Balaban J connectivity index is 1.26. The Labute approximate surface area is 234 Å². The molecule has 7 nitrogen and oxygen atoms in total. The van der Waals surface area contributed by atoms with Gasteiger partial charge in [-0.25, -0.2) is 4.79 Å². The number of nitrogens with zero attached hydrogens (tertiary/aromatic N) is 2. The van der Waals surface area contributed by atoms with Gasteiger partial charge in [-0.1, -0.05) is 45.2 Å². The molecule has 3 aromatic carbocycles. The van der Waals surface area contributed by atoms with Crippen LogP contribution in [0.4, 0.5) is 10.5 Å². The topological polar surface area (TPSA) is 73.9 Å². The van der Waals surface area contributed by atoms with E-state index in [1.165, 1.54) is 0 Å². The molecule has 0 atom stereocenters. The molecule has 4 rings (SSSR count). The number of rotatable bonds is 7. The van der Waals surface area contributed by atoms with E-state index in [0.29, 0.717) is 47.7 Å². The van der Waals surface area contributed by atoms with Crippen molar-refractivity contribution in [1.82, 2.24) is 15.1 Å². The second-order valence-corrected chi connectivity index (χ2v) is 10.5. The number of nitrogens with one attached hydrogen (secondary N) is 2. The summed E-state index contributed by atoms with van der Waals surface area (Å²) >= 11 is 15.7. The fourth-order valence-corrected chi connectivity index (χ4v) is 4.45. The number of carbonyl (C=O) groups is 2. The number of hydrogen-bond donors (Lipinski definition) is 2. The number of hydrogen-bond acceptors (Lipinski definition) is 4. The molecule has 0 radical (unpaired) electrons. The van der Waals surface area contributed by atoms with Crippen LogP contribution in [0.5, 0.6) is 11.5 Å². The van der Waals surface area contributed by atoms with Crippen LogP contribution in [0.2, 0.25) is 10.0 Å². The maximum atomic E-state index is 12.8. The summed E-state index contributed by atoms with van der Waals surface area (Å²) in [7, 11) is 0. The zero-order valence-electron chi connectivity index (χ0n) is 20.3. The second-order valence-electron chi connectivity index (χ2n) is 8.74. The summed E-state index contributed by atoms with van der Waals surface area (Å²) < 4.78 is 7.00. The average molecular weight is 606 g/mol. The number of aryl methyl sites for hydroxylation is 1. The molecular formula is C27H27BrCl2N4O3. The van der Waals surface area contributed by atoms with Crippen molar-refractivity contribution in [2.75, 3.05) is 38.0 Å². The lowest BCUT2D eigenvalue weighted by Gasteiger charge is -2.34. The molecular weight excluding hydrogens is 579 g/mol. The van der Waals surface area contributed by atoms with Gasteiger partial charge in [0.25, 0.3) is 0 Å². The first-order valence-electron chi connectivity index (χ1n) is 11.8. The van der Waals surface area contributed by atoms with Crippen molar-refractivity contribution in [3.8, 4) is 11.5 Å². The Bertz CT molecular complexity index is 1270. The Morgan fingerprint density at radius 1 is 0.973 bits per heavy atom. The Morgan fingerprint density at radius 3 is 2.41 bits per heavy atom. The van der Waals surface area contributed by atoms with Crippen molar-refractivity contribution >= 4 is 56.8 Å². The van der Waals surface area contributed by atoms with Crippen LogP contribution in [0, 0.1) is 6.92 Å². The van der Waals surface area contributed by atoms with Crippen LogP contribution < -0.4 is 15.4 Å². The standard InChI is InChI=1S/C27H27BrCl2N4O3/c1-18-14-23(8-9-24(18)30)37-25-15-21(29)5-2-19(25)16-31-27(36)34-12-10-33(11-13-34)17-26(35)32-22-6-3-20(28)4-7-22/h2-9,14-15H,10-13,16-17H2,1H3,(H,31,36)(H,32,35). The van der Waals surface area contributed by atoms with Crippen molar-refractivity contribution in [1.29, 1.82) is 0 Å². The van der Waals surface area contributed by atoms with Gasteiger partial charge in [0.05, 0.1) is 6.54 Å². The molecule has 2 N–H and O–H groups in total. The first-order chi connectivity index (χ1) is 17.8. The summed E-state index contributed by atoms with van der Waals surface area (Å²) in [6, 6.07) is 18.0. The van der Waals surface area contributed by atoms with Crippen LogP contribution in [-0.4, -0.2) is 54.5 Å². The van der Waals surface area contributed by atoms with Gasteiger partial charge in [-0.15, -0.1) is 0 Å². The van der Waals surface area contributed by atoms with Gasteiger partial charge < -0.3 is 20.3 Å². The maximum absolute atomic E-state index is 12.8.